The number of hydrogen-bond acceptors (Lipinski definition) is 3. The molecule has 0 unspecified atom stereocenters. The van der Waals surface area contributed by atoms with Crippen molar-refractivity contribution in [3.05, 3.63) is 82.2 Å². The molecule has 0 N–H and O–H groups in total. The molecule has 3 nitrogen and oxygen atoms in total. The largest absolute Gasteiger partial charge is 0.371 e. The molecular formula is C23H22F5NO2. The maximum absolute atomic E-state index is 13.8. The third-order valence-corrected chi connectivity index (χ3v) is 4.57. The third-order valence-electron chi connectivity index (χ3n) is 4.57. The SMILES string of the molecule is CCCC/C=C(\C)CC/C(=N/OC(=O)c1c(F)c(F)c(F)c(F)c1F)c1ccccc1. The number of hydrogen-bond donors (Lipinski definition) is 0. The molecule has 0 aliphatic heterocycles. The van der Waals surface area contributed by atoms with Crippen LogP contribution in [0.4, 0.5) is 22.0 Å². The standard InChI is InChI=1S/C23H22F5NO2/c1-3-4-6-9-14(2)12-13-16(15-10-7-5-8-11-15)29-31-23(30)17-18(24)20(26)22(28)21(27)19(17)25/h5,7-11H,3-4,6,12-13H2,1-2H3/b14-9+,29-16-. The van der Waals surface area contributed by atoms with E-state index in [0.717, 1.165) is 24.8 Å². The van der Waals surface area contributed by atoms with Crippen molar-refractivity contribution in [2.45, 2.75) is 46.0 Å². The molecule has 0 aromatic heterocycles. The molecule has 0 fully saturated rings. The van der Waals surface area contributed by atoms with Gasteiger partial charge >= 0.3 is 5.97 Å². The average molecular weight is 439 g/mol. The highest BCUT2D eigenvalue weighted by Gasteiger charge is 2.31. The Morgan fingerprint density at radius 3 is 2.10 bits per heavy atom. The minimum absolute atomic E-state index is 0.293. The molecule has 0 atom stereocenters. The predicted molar refractivity (Wildman–Crippen MR) is 107 cm³/mol. The Bertz CT molecular complexity index is 958. The quantitative estimate of drug-likeness (QED) is 0.0626. The molecule has 2 rings (SSSR count). The summed E-state index contributed by atoms with van der Waals surface area (Å²) in [4.78, 5) is 16.7. The molecule has 166 valence electrons. The van der Waals surface area contributed by atoms with Crippen LogP contribution in [-0.4, -0.2) is 11.7 Å². The van der Waals surface area contributed by atoms with Crippen LogP contribution in [0.3, 0.4) is 0 Å². The van der Waals surface area contributed by atoms with Gasteiger partial charge in [0.1, 0.15) is 5.56 Å². The number of carbonyl (C=O) groups excluding carboxylic acids is 1. The monoisotopic (exact) mass is 439 g/mol. The average Bonchev–Trinajstić information content (AvgIpc) is 2.77. The lowest BCUT2D eigenvalue weighted by Gasteiger charge is -2.09. The van der Waals surface area contributed by atoms with Crippen molar-refractivity contribution in [2.75, 3.05) is 0 Å². The molecule has 2 aromatic carbocycles. The fourth-order valence-corrected chi connectivity index (χ4v) is 2.77. The van der Waals surface area contributed by atoms with Crippen molar-refractivity contribution in [1.82, 2.24) is 0 Å². The summed E-state index contributed by atoms with van der Waals surface area (Å²) >= 11 is 0. The van der Waals surface area contributed by atoms with Gasteiger partial charge in [-0.25, -0.2) is 26.7 Å². The number of carbonyl (C=O) groups is 1. The minimum atomic E-state index is -2.36. The lowest BCUT2D eigenvalue weighted by molar-refractivity contribution is 0.0501. The molecule has 8 heteroatoms. The van der Waals surface area contributed by atoms with Crippen LogP contribution in [0.5, 0.6) is 0 Å². The number of allylic oxidation sites excluding steroid dienone is 2. The van der Waals surface area contributed by atoms with Gasteiger partial charge < -0.3 is 4.84 Å². The van der Waals surface area contributed by atoms with Gasteiger partial charge in [0.25, 0.3) is 0 Å². The first kappa shape index (κ1) is 24.2. The maximum atomic E-state index is 13.8. The van der Waals surface area contributed by atoms with Crippen LogP contribution in [0.15, 0.2) is 47.1 Å². The van der Waals surface area contributed by atoms with E-state index in [2.05, 4.69) is 23.0 Å². The normalized spacial score (nSPS) is 12.2. The van der Waals surface area contributed by atoms with Crippen molar-refractivity contribution in [2.24, 2.45) is 5.16 Å². The highest BCUT2D eigenvalue weighted by molar-refractivity contribution is 6.01. The summed E-state index contributed by atoms with van der Waals surface area (Å²) in [6, 6.07) is 8.60. The van der Waals surface area contributed by atoms with E-state index < -0.39 is 40.6 Å². The van der Waals surface area contributed by atoms with Crippen LogP contribution in [0.1, 0.15) is 61.9 Å². The topological polar surface area (TPSA) is 38.7 Å². The summed E-state index contributed by atoms with van der Waals surface area (Å²) in [6.45, 7) is 4.03. The summed E-state index contributed by atoms with van der Waals surface area (Å²) in [5.41, 5.74) is 0.279. The summed E-state index contributed by atoms with van der Waals surface area (Å²) in [5.74, 6) is -13.1. The number of halogens is 5. The zero-order valence-corrected chi connectivity index (χ0v) is 17.2. The Balaban J connectivity index is 2.27. The second kappa shape index (κ2) is 11.4. The van der Waals surface area contributed by atoms with E-state index in [1.807, 2.05) is 6.92 Å². The van der Waals surface area contributed by atoms with Gasteiger partial charge in [-0.3, -0.25) is 0 Å². The molecular weight excluding hydrogens is 417 g/mol. The highest BCUT2D eigenvalue weighted by Crippen LogP contribution is 2.24. The van der Waals surface area contributed by atoms with Crippen LogP contribution in [0.2, 0.25) is 0 Å². The van der Waals surface area contributed by atoms with E-state index in [1.165, 1.54) is 0 Å². The molecule has 0 amide bonds. The van der Waals surface area contributed by atoms with Gasteiger partial charge in [-0.15, -0.1) is 0 Å². The Kier molecular flexibility index (Phi) is 8.90. The smallest absolute Gasteiger partial charge is 0.312 e. The van der Waals surface area contributed by atoms with Crippen LogP contribution < -0.4 is 0 Å². The lowest BCUT2D eigenvalue weighted by Crippen LogP contribution is -2.14. The van der Waals surface area contributed by atoms with Gasteiger partial charge in [-0.1, -0.05) is 66.9 Å². The molecule has 31 heavy (non-hydrogen) atoms. The van der Waals surface area contributed by atoms with Crippen molar-refractivity contribution >= 4 is 11.7 Å². The van der Waals surface area contributed by atoms with Gasteiger partial charge in [0.05, 0.1) is 5.71 Å². The number of oxime groups is 1. The number of rotatable bonds is 9. The zero-order valence-electron chi connectivity index (χ0n) is 17.2. The van der Waals surface area contributed by atoms with Crippen molar-refractivity contribution in [1.29, 1.82) is 0 Å². The summed E-state index contributed by atoms with van der Waals surface area (Å²) in [5, 5.41) is 3.67. The second-order valence-corrected chi connectivity index (χ2v) is 6.92. The van der Waals surface area contributed by atoms with E-state index in [9.17, 15) is 26.7 Å². The van der Waals surface area contributed by atoms with Gasteiger partial charge in [0.15, 0.2) is 23.3 Å². The lowest BCUT2D eigenvalue weighted by atomic mass is 10.0. The molecule has 0 heterocycles. The molecule has 0 radical (unpaired) electrons. The van der Waals surface area contributed by atoms with Gasteiger partial charge in [-0.2, -0.15) is 0 Å². The highest BCUT2D eigenvalue weighted by atomic mass is 19.2. The van der Waals surface area contributed by atoms with Gasteiger partial charge in [0.2, 0.25) is 5.82 Å². The van der Waals surface area contributed by atoms with Crippen LogP contribution in [-0.2, 0) is 4.84 Å². The first-order valence-corrected chi connectivity index (χ1v) is 9.78. The predicted octanol–water partition coefficient (Wildman–Crippen LogP) is 6.86. The van der Waals surface area contributed by atoms with Crippen molar-refractivity contribution in [3.8, 4) is 0 Å². The third kappa shape index (κ3) is 6.23. The Hall–Kier alpha value is -3.03. The van der Waals surface area contributed by atoms with E-state index in [0.29, 0.717) is 24.1 Å². The van der Waals surface area contributed by atoms with Gasteiger partial charge in [0, 0.05) is 0 Å². The van der Waals surface area contributed by atoms with Crippen LogP contribution >= 0.6 is 0 Å². The molecule has 0 bridgehead atoms. The fourth-order valence-electron chi connectivity index (χ4n) is 2.77. The molecule has 0 saturated heterocycles. The van der Waals surface area contributed by atoms with Crippen molar-refractivity contribution < 1.29 is 31.6 Å². The summed E-state index contributed by atoms with van der Waals surface area (Å²) in [6.07, 6.45) is 6.05. The summed E-state index contributed by atoms with van der Waals surface area (Å²) in [7, 11) is 0. The fraction of sp³-hybridized carbons (Fsp3) is 0.304. The minimum Gasteiger partial charge on any atom is -0.312 e. The first-order chi connectivity index (χ1) is 14.8. The Morgan fingerprint density at radius 1 is 0.935 bits per heavy atom. The Morgan fingerprint density at radius 2 is 1.52 bits per heavy atom. The van der Waals surface area contributed by atoms with E-state index in [4.69, 9.17) is 0 Å². The zero-order chi connectivity index (χ0) is 23.0. The van der Waals surface area contributed by atoms with Crippen LogP contribution in [0.25, 0.3) is 0 Å². The molecule has 0 spiro atoms. The molecule has 0 aliphatic rings. The number of nitrogens with zero attached hydrogens (tertiary/aromatic N) is 1. The van der Waals surface area contributed by atoms with E-state index in [-0.39, 0.29) is 0 Å². The van der Waals surface area contributed by atoms with E-state index in [1.54, 1.807) is 30.3 Å². The summed E-state index contributed by atoms with van der Waals surface area (Å²) < 4.78 is 67.5. The molecule has 0 aliphatic carbocycles. The van der Waals surface area contributed by atoms with Crippen molar-refractivity contribution in [3.63, 3.8) is 0 Å². The molecule has 0 saturated carbocycles. The number of benzene rings is 2. The maximum Gasteiger partial charge on any atom is 0.371 e. The Labute approximate surface area is 177 Å². The first-order valence-electron chi connectivity index (χ1n) is 9.78. The second-order valence-electron chi connectivity index (χ2n) is 6.92. The molecule has 2 aromatic rings. The number of unbranched alkanes of at least 4 members (excludes halogenated alkanes) is 2. The van der Waals surface area contributed by atoms with E-state index >= 15 is 0 Å². The van der Waals surface area contributed by atoms with Crippen LogP contribution in [0, 0.1) is 29.1 Å². The van der Waals surface area contributed by atoms with Gasteiger partial charge in [-0.05, 0) is 31.7 Å².